The molecule has 0 fully saturated rings. The predicted octanol–water partition coefficient (Wildman–Crippen LogP) is 25.1. The SMILES string of the molecule is CC(C)(C)c1cccc(-c2ccc(-c3ccccc3C(C)(C)C)c(N3c4cc(-n5c6ccccc6c6ccccc65)ccc4B4c5ccc(-n6c7ccccc7c7ccccc76)cc5N(c5cc(-c6cccc(C(C)(C)C)c6)ccc5-c5ccccc5C(C)(C)C)c5cc(C(C)(C)C)cc3c54)c2)c1. The molecule has 13 aromatic carbocycles. The fourth-order valence-corrected chi connectivity index (χ4v) is 16.9. The minimum atomic E-state index is -0.317. The normalized spacial score (nSPS) is 13.3. The van der Waals surface area contributed by atoms with E-state index >= 15 is 0 Å². The second-order valence-corrected chi connectivity index (χ2v) is 34.2. The minimum Gasteiger partial charge on any atom is -0.311 e. The second kappa shape index (κ2) is 23.9. The number of aromatic nitrogens is 2. The van der Waals surface area contributed by atoms with Gasteiger partial charge in [0, 0.05) is 66.8 Å². The van der Waals surface area contributed by atoms with Crippen molar-refractivity contribution in [2.45, 2.75) is 131 Å². The zero-order valence-electron chi connectivity index (χ0n) is 62.4. The van der Waals surface area contributed by atoms with E-state index in [0.717, 1.165) is 34.1 Å². The van der Waals surface area contributed by atoms with Crippen molar-refractivity contribution in [1.29, 1.82) is 0 Å². The first-order chi connectivity index (χ1) is 49.3. The molecule has 0 bridgehead atoms. The Labute approximate surface area is 609 Å². The number of rotatable bonds is 8. The van der Waals surface area contributed by atoms with Gasteiger partial charge >= 0.3 is 0 Å². The van der Waals surface area contributed by atoms with Crippen LogP contribution in [0.15, 0.2) is 279 Å². The van der Waals surface area contributed by atoms with Crippen LogP contribution in [0.5, 0.6) is 0 Å². The fourth-order valence-electron chi connectivity index (χ4n) is 16.9. The molecule has 15 aromatic rings. The van der Waals surface area contributed by atoms with Gasteiger partial charge in [0.25, 0.3) is 6.71 Å². The number of hydrogen-bond acceptors (Lipinski definition) is 2. The average Bonchev–Trinajstić information content (AvgIpc) is 1.11. The van der Waals surface area contributed by atoms with Gasteiger partial charge in [0.1, 0.15) is 0 Å². The third-order valence-corrected chi connectivity index (χ3v) is 22.2. The third-order valence-electron chi connectivity index (χ3n) is 22.2. The van der Waals surface area contributed by atoms with Crippen molar-refractivity contribution >= 4 is 101 Å². The number of nitrogens with zero attached hydrogens (tertiary/aromatic N) is 4. The van der Waals surface area contributed by atoms with Crippen LogP contribution in [0, 0.1) is 0 Å². The Hall–Kier alpha value is -10.9. The molecular weight excluding hydrogens is 1240 g/mol. The van der Waals surface area contributed by atoms with Gasteiger partial charge < -0.3 is 18.9 Å². The Balaban J connectivity index is 1.05. The summed E-state index contributed by atoms with van der Waals surface area (Å²) in [6.45, 7) is 35.1. The average molecular weight is 1340 g/mol. The summed E-state index contributed by atoms with van der Waals surface area (Å²) in [5, 5.41) is 4.94. The van der Waals surface area contributed by atoms with Crippen molar-refractivity contribution in [1.82, 2.24) is 9.13 Å². The third kappa shape index (κ3) is 10.9. The van der Waals surface area contributed by atoms with E-state index < -0.39 is 0 Å². The van der Waals surface area contributed by atoms with Crippen LogP contribution in [0.3, 0.4) is 0 Å². The molecule has 0 radical (unpaired) electrons. The highest BCUT2D eigenvalue weighted by Gasteiger charge is 2.46. The maximum Gasteiger partial charge on any atom is 0.252 e. The molecule has 0 atom stereocenters. The Morgan fingerprint density at radius 3 is 0.932 bits per heavy atom. The zero-order valence-corrected chi connectivity index (χ0v) is 62.4. The van der Waals surface area contributed by atoms with Gasteiger partial charge in [-0.25, -0.2) is 0 Å². The fraction of sp³-hybridized carbons (Fsp3) is 0.204. The summed E-state index contributed by atoms with van der Waals surface area (Å²) >= 11 is 0. The topological polar surface area (TPSA) is 16.3 Å². The summed E-state index contributed by atoms with van der Waals surface area (Å²) in [4.78, 5) is 5.45. The molecule has 506 valence electrons. The minimum absolute atomic E-state index is 0.0576. The Bertz CT molecular complexity index is 5480. The van der Waals surface area contributed by atoms with Gasteiger partial charge in [-0.15, -0.1) is 0 Å². The summed E-state index contributed by atoms with van der Waals surface area (Å²) in [6, 6.07) is 108. The van der Waals surface area contributed by atoms with E-state index in [1.54, 1.807) is 0 Å². The second-order valence-electron chi connectivity index (χ2n) is 34.2. The monoisotopic (exact) mass is 1330 g/mol. The van der Waals surface area contributed by atoms with E-state index in [1.807, 2.05) is 0 Å². The lowest BCUT2D eigenvalue weighted by Gasteiger charge is -2.46. The van der Waals surface area contributed by atoms with E-state index in [2.05, 4.69) is 402 Å². The lowest BCUT2D eigenvalue weighted by molar-refractivity contribution is 0.590. The van der Waals surface area contributed by atoms with Crippen molar-refractivity contribution in [3.05, 3.63) is 307 Å². The first-order valence-corrected chi connectivity index (χ1v) is 37.0. The van der Waals surface area contributed by atoms with Gasteiger partial charge in [-0.2, -0.15) is 0 Å². The van der Waals surface area contributed by atoms with Gasteiger partial charge in [0.05, 0.1) is 33.4 Å². The lowest BCUT2D eigenvalue weighted by Crippen LogP contribution is -2.61. The number of fused-ring (bicyclic) bond motifs is 10. The van der Waals surface area contributed by atoms with Crippen molar-refractivity contribution in [3.63, 3.8) is 0 Å². The molecule has 2 aromatic heterocycles. The first kappa shape index (κ1) is 65.4. The maximum absolute atomic E-state index is 2.73. The molecule has 4 heterocycles. The molecule has 2 aliphatic rings. The molecule has 2 aliphatic heterocycles. The number of benzene rings is 13. The Kier molecular flexibility index (Phi) is 15.2. The quantitative estimate of drug-likeness (QED) is 0.141. The summed E-state index contributed by atoms with van der Waals surface area (Å²) in [6.07, 6.45) is 0. The van der Waals surface area contributed by atoms with Gasteiger partial charge in [0.15, 0.2) is 0 Å². The van der Waals surface area contributed by atoms with Crippen molar-refractivity contribution in [2.75, 3.05) is 9.80 Å². The van der Waals surface area contributed by atoms with Gasteiger partial charge in [-0.05, 0) is 177 Å². The molecular formula is C98H91BN4. The highest BCUT2D eigenvalue weighted by atomic mass is 15.2. The summed E-state index contributed by atoms with van der Waals surface area (Å²) in [5.74, 6) is 0. The molecule has 17 rings (SSSR count). The van der Waals surface area contributed by atoms with Crippen LogP contribution < -0.4 is 26.2 Å². The van der Waals surface area contributed by atoms with E-state index in [-0.39, 0.29) is 33.8 Å². The van der Waals surface area contributed by atoms with E-state index in [9.17, 15) is 0 Å². The Morgan fingerprint density at radius 1 is 0.233 bits per heavy atom. The van der Waals surface area contributed by atoms with Crippen molar-refractivity contribution in [3.8, 4) is 55.9 Å². The molecule has 0 saturated heterocycles. The van der Waals surface area contributed by atoms with Crippen LogP contribution in [-0.4, -0.2) is 15.8 Å². The zero-order chi connectivity index (χ0) is 71.4. The highest BCUT2D eigenvalue weighted by Crippen LogP contribution is 2.54. The summed E-state index contributed by atoms with van der Waals surface area (Å²) < 4.78 is 5.02. The first-order valence-electron chi connectivity index (χ1n) is 37.0. The van der Waals surface area contributed by atoms with E-state index in [0.29, 0.717) is 0 Å². The van der Waals surface area contributed by atoms with Crippen LogP contribution in [0.2, 0.25) is 0 Å². The molecule has 4 nitrogen and oxygen atoms in total. The highest BCUT2D eigenvalue weighted by molar-refractivity contribution is 7.00. The smallest absolute Gasteiger partial charge is 0.252 e. The van der Waals surface area contributed by atoms with Gasteiger partial charge in [0.2, 0.25) is 0 Å². The predicted molar refractivity (Wildman–Crippen MR) is 444 cm³/mol. The van der Waals surface area contributed by atoms with Crippen molar-refractivity contribution in [2.24, 2.45) is 0 Å². The van der Waals surface area contributed by atoms with E-state index in [1.165, 1.54) is 144 Å². The number of anilines is 6. The molecule has 0 spiro atoms. The number of para-hydroxylation sites is 4. The van der Waals surface area contributed by atoms with Crippen LogP contribution in [0.1, 0.15) is 132 Å². The van der Waals surface area contributed by atoms with E-state index in [4.69, 9.17) is 0 Å². The standard InChI is InChI=1S/C98H91BN4/c1-94(2,3)66-32-28-30-62(54-66)64-46-50-77(71-34-16-22-40-79(71)97(10,11)12)87(56-64)102-89-60-69(100-83-42-24-18-36-73(83)74-37-19-25-43-84(74)100)48-52-81(89)99-82-53-49-70(101-85-44-26-20-38-75(85)76-39-21-27-45-86(76)101)61-90(82)103(92-59-68(96(7,8)9)58-91(102)93(92)99)88-57-65(63-31-29-33-67(55-63)95(4,5)6)47-51-78(88)72-35-17-23-41-80(72)98(13,14)15/h16-61H,1-15H3. The summed E-state index contributed by atoms with van der Waals surface area (Å²) in [7, 11) is 0. The molecule has 103 heavy (non-hydrogen) atoms. The molecule has 0 aliphatic carbocycles. The van der Waals surface area contributed by atoms with Crippen LogP contribution >= 0.6 is 0 Å². The summed E-state index contributed by atoms with van der Waals surface area (Å²) in [5.41, 5.74) is 32.8. The number of hydrogen-bond donors (Lipinski definition) is 0. The van der Waals surface area contributed by atoms with Crippen LogP contribution in [0.4, 0.5) is 34.1 Å². The van der Waals surface area contributed by atoms with Crippen molar-refractivity contribution < 1.29 is 0 Å². The van der Waals surface area contributed by atoms with Crippen LogP contribution in [-0.2, 0) is 27.1 Å². The van der Waals surface area contributed by atoms with Gasteiger partial charge in [-0.1, -0.05) is 310 Å². The maximum atomic E-state index is 2.73. The Morgan fingerprint density at radius 2 is 0.573 bits per heavy atom. The van der Waals surface area contributed by atoms with Gasteiger partial charge in [-0.3, -0.25) is 0 Å². The molecule has 0 N–H and O–H groups in total. The largest absolute Gasteiger partial charge is 0.311 e. The molecule has 0 amide bonds. The van der Waals surface area contributed by atoms with Crippen LogP contribution in [0.25, 0.3) is 99.5 Å². The lowest BCUT2D eigenvalue weighted by atomic mass is 9.33. The molecule has 0 unspecified atom stereocenters. The molecule has 5 heteroatoms. The molecule has 0 saturated carbocycles.